The molecular weight excluding hydrogens is 340 g/mol. The Hall–Kier alpha value is -1.70. The van der Waals surface area contributed by atoms with Gasteiger partial charge in [-0.3, -0.25) is 0 Å². The Labute approximate surface area is 148 Å². The van der Waals surface area contributed by atoms with Crippen LogP contribution in [0.4, 0.5) is 0 Å². The first-order valence-corrected chi connectivity index (χ1v) is 9.89. The molecule has 3 rings (SSSR count). The average Bonchev–Trinajstić information content (AvgIpc) is 2.94. The highest BCUT2D eigenvalue weighted by atomic mass is 32.2. The summed E-state index contributed by atoms with van der Waals surface area (Å²) in [5, 5.41) is 3.77. The predicted octanol–water partition coefficient (Wildman–Crippen LogP) is 3.18. The quantitative estimate of drug-likeness (QED) is 0.833. The number of morpholine rings is 1. The zero-order valence-electron chi connectivity index (χ0n) is 15.0. The van der Waals surface area contributed by atoms with Gasteiger partial charge in [-0.05, 0) is 30.9 Å². The van der Waals surface area contributed by atoms with Crippen molar-refractivity contribution in [3.8, 4) is 0 Å². The van der Waals surface area contributed by atoms with Crippen molar-refractivity contribution in [2.24, 2.45) is 0 Å². The van der Waals surface area contributed by atoms with Gasteiger partial charge in [0, 0.05) is 13.1 Å². The summed E-state index contributed by atoms with van der Waals surface area (Å²) in [6, 6.07) is 8.19. The average molecular weight is 364 g/mol. The Morgan fingerprint density at radius 1 is 1.20 bits per heavy atom. The van der Waals surface area contributed by atoms with Crippen LogP contribution in [0.25, 0.3) is 0 Å². The number of benzene rings is 1. The monoisotopic (exact) mass is 364 g/mol. The van der Waals surface area contributed by atoms with Gasteiger partial charge in [0.2, 0.25) is 10.0 Å². The Morgan fingerprint density at radius 2 is 1.88 bits per heavy atom. The highest BCUT2D eigenvalue weighted by Crippen LogP contribution is 2.29. The second-order valence-electron chi connectivity index (χ2n) is 6.70. The molecule has 0 aliphatic carbocycles. The molecule has 25 heavy (non-hydrogen) atoms. The normalized spacial score (nSPS) is 19.5. The number of aryl methyl sites for hydroxylation is 2. The van der Waals surface area contributed by atoms with E-state index >= 15 is 0 Å². The zero-order chi connectivity index (χ0) is 18.2. The lowest BCUT2D eigenvalue weighted by molar-refractivity contribution is -0.00259. The minimum Gasteiger partial charge on any atom is -0.371 e. The Kier molecular flexibility index (Phi) is 4.99. The summed E-state index contributed by atoms with van der Waals surface area (Å²) in [4.78, 5) is 0.170. The number of nitrogens with zero attached hydrogens (tertiary/aromatic N) is 2. The molecule has 2 aromatic rings. The van der Waals surface area contributed by atoms with Gasteiger partial charge in [0.1, 0.15) is 10.6 Å². The summed E-state index contributed by atoms with van der Waals surface area (Å²) in [6.07, 6.45) is -0.273. The van der Waals surface area contributed by atoms with Crippen molar-refractivity contribution in [3.63, 3.8) is 0 Å². The zero-order valence-corrected chi connectivity index (χ0v) is 15.8. The van der Waals surface area contributed by atoms with E-state index in [9.17, 15) is 8.42 Å². The molecule has 1 aromatic carbocycles. The summed E-state index contributed by atoms with van der Waals surface area (Å²) < 4.78 is 38.3. The smallest absolute Gasteiger partial charge is 0.248 e. The molecule has 1 fully saturated rings. The van der Waals surface area contributed by atoms with Crippen LogP contribution in [0.3, 0.4) is 0 Å². The molecular formula is C18H24N2O4S. The molecule has 1 atom stereocenters. The first-order chi connectivity index (χ1) is 11.8. The fraction of sp³-hybridized carbons (Fsp3) is 0.500. The molecule has 0 radical (unpaired) electrons. The molecule has 1 saturated heterocycles. The molecule has 0 N–H and O–H groups in total. The van der Waals surface area contributed by atoms with Crippen LogP contribution >= 0.6 is 0 Å². The Balaban J connectivity index is 1.83. The molecule has 136 valence electrons. The topological polar surface area (TPSA) is 72.6 Å². The van der Waals surface area contributed by atoms with Gasteiger partial charge in [-0.2, -0.15) is 4.31 Å². The molecule has 0 bridgehead atoms. The van der Waals surface area contributed by atoms with Crippen molar-refractivity contribution in [3.05, 3.63) is 46.8 Å². The number of rotatable bonds is 4. The maximum absolute atomic E-state index is 13.0. The van der Waals surface area contributed by atoms with Gasteiger partial charge < -0.3 is 9.26 Å². The van der Waals surface area contributed by atoms with E-state index in [1.807, 2.05) is 12.1 Å². The van der Waals surface area contributed by atoms with Gasteiger partial charge in [-0.15, -0.1) is 0 Å². The molecule has 1 aromatic heterocycles. The fourth-order valence-electron chi connectivity index (χ4n) is 3.11. The van der Waals surface area contributed by atoms with Crippen molar-refractivity contribution in [1.29, 1.82) is 0 Å². The molecule has 0 saturated carbocycles. The van der Waals surface area contributed by atoms with E-state index in [0.29, 0.717) is 30.5 Å². The van der Waals surface area contributed by atoms with Crippen LogP contribution in [0.1, 0.15) is 48.5 Å². The van der Waals surface area contributed by atoms with Gasteiger partial charge in [-0.25, -0.2) is 8.42 Å². The van der Waals surface area contributed by atoms with E-state index in [1.54, 1.807) is 13.8 Å². The third-order valence-electron chi connectivity index (χ3n) is 4.57. The van der Waals surface area contributed by atoms with Gasteiger partial charge in [-0.1, -0.05) is 43.3 Å². The second-order valence-corrected chi connectivity index (χ2v) is 8.57. The predicted molar refractivity (Wildman–Crippen MR) is 94.0 cm³/mol. The second kappa shape index (κ2) is 6.90. The standard InChI is InChI=1S/C18H24N2O4S/c1-12(2)15-5-7-16(8-6-15)17-11-20(9-10-23-17)25(21,22)18-13(3)19-24-14(18)4/h5-8,12,17H,9-11H2,1-4H3. The van der Waals surface area contributed by atoms with Gasteiger partial charge in [0.05, 0.1) is 12.7 Å². The Morgan fingerprint density at radius 3 is 2.44 bits per heavy atom. The largest absolute Gasteiger partial charge is 0.371 e. The summed E-state index contributed by atoms with van der Waals surface area (Å²) >= 11 is 0. The van der Waals surface area contributed by atoms with Gasteiger partial charge >= 0.3 is 0 Å². The number of sulfonamides is 1. The highest BCUT2D eigenvalue weighted by molar-refractivity contribution is 7.89. The molecule has 1 aliphatic heterocycles. The van der Waals surface area contributed by atoms with Crippen molar-refractivity contribution in [1.82, 2.24) is 9.46 Å². The summed E-state index contributed by atoms with van der Waals surface area (Å²) in [7, 11) is -3.65. The Bertz CT molecular complexity index is 821. The number of aromatic nitrogens is 1. The van der Waals surface area contributed by atoms with Crippen LogP contribution in [0.2, 0.25) is 0 Å². The first kappa shape index (κ1) is 18.1. The summed E-state index contributed by atoms with van der Waals surface area (Å²) in [5.41, 5.74) is 2.63. The maximum atomic E-state index is 13.0. The highest BCUT2D eigenvalue weighted by Gasteiger charge is 2.35. The van der Waals surface area contributed by atoms with Crippen LogP contribution in [0, 0.1) is 13.8 Å². The van der Waals surface area contributed by atoms with E-state index in [-0.39, 0.29) is 17.5 Å². The van der Waals surface area contributed by atoms with Crippen LogP contribution in [-0.4, -0.2) is 37.6 Å². The molecule has 7 heteroatoms. The van der Waals surface area contributed by atoms with Crippen molar-refractivity contribution in [2.75, 3.05) is 19.7 Å². The molecule has 1 unspecified atom stereocenters. The summed E-state index contributed by atoms with van der Waals surface area (Å²) in [6.45, 7) is 8.52. The van der Waals surface area contributed by atoms with Crippen LogP contribution < -0.4 is 0 Å². The number of hydrogen-bond acceptors (Lipinski definition) is 5. The third-order valence-corrected chi connectivity index (χ3v) is 6.68. The van der Waals surface area contributed by atoms with E-state index in [0.717, 1.165) is 5.56 Å². The third kappa shape index (κ3) is 3.49. The molecule has 1 aliphatic rings. The van der Waals surface area contributed by atoms with Crippen molar-refractivity contribution >= 4 is 10.0 Å². The number of ether oxygens (including phenoxy) is 1. The van der Waals surface area contributed by atoms with Crippen LogP contribution in [-0.2, 0) is 14.8 Å². The molecule has 2 heterocycles. The molecule has 0 amide bonds. The van der Waals surface area contributed by atoms with E-state index in [2.05, 4.69) is 31.1 Å². The first-order valence-electron chi connectivity index (χ1n) is 8.45. The van der Waals surface area contributed by atoms with Gasteiger partial charge in [0.15, 0.2) is 5.76 Å². The van der Waals surface area contributed by atoms with Crippen molar-refractivity contribution < 1.29 is 17.7 Å². The van der Waals surface area contributed by atoms with E-state index < -0.39 is 10.0 Å². The van der Waals surface area contributed by atoms with E-state index in [4.69, 9.17) is 9.26 Å². The minimum atomic E-state index is -3.65. The SMILES string of the molecule is Cc1noc(C)c1S(=O)(=O)N1CCOC(c2ccc(C(C)C)cc2)C1. The number of hydrogen-bond donors (Lipinski definition) is 0. The lowest BCUT2D eigenvalue weighted by Gasteiger charge is -2.32. The molecule has 6 nitrogen and oxygen atoms in total. The lowest BCUT2D eigenvalue weighted by Crippen LogP contribution is -2.42. The lowest BCUT2D eigenvalue weighted by atomic mass is 10.00. The minimum absolute atomic E-state index is 0.170. The van der Waals surface area contributed by atoms with Crippen molar-refractivity contribution in [2.45, 2.75) is 44.6 Å². The molecule has 0 spiro atoms. The maximum Gasteiger partial charge on any atom is 0.248 e. The van der Waals surface area contributed by atoms with Gasteiger partial charge in [0.25, 0.3) is 0 Å². The van der Waals surface area contributed by atoms with Crippen LogP contribution in [0.15, 0.2) is 33.7 Å². The van der Waals surface area contributed by atoms with E-state index in [1.165, 1.54) is 9.87 Å². The van der Waals surface area contributed by atoms with Crippen LogP contribution in [0.5, 0.6) is 0 Å². The summed E-state index contributed by atoms with van der Waals surface area (Å²) in [5.74, 6) is 0.777. The fourth-order valence-corrected chi connectivity index (χ4v) is 4.83.